The largest absolute Gasteiger partial charge is 0.384 e. The summed E-state index contributed by atoms with van der Waals surface area (Å²) in [7, 11) is 0. The Morgan fingerprint density at radius 3 is 2.60 bits per heavy atom. The third kappa shape index (κ3) is 1.92. The topological polar surface area (TPSA) is 53.1 Å². The van der Waals surface area contributed by atoms with Gasteiger partial charge in [0, 0.05) is 18.8 Å². The van der Waals surface area contributed by atoms with Gasteiger partial charge in [-0.25, -0.2) is 0 Å². The van der Waals surface area contributed by atoms with Crippen LogP contribution in [0.4, 0.5) is 5.69 Å². The highest BCUT2D eigenvalue weighted by atomic mass is 35.5. The number of nitrogens with one attached hydrogen (secondary N) is 1. The van der Waals surface area contributed by atoms with Gasteiger partial charge in [0.15, 0.2) is 0 Å². The second-order valence-corrected chi connectivity index (χ2v) is 4.15. The maximum absolute atomic E-state index is 7.55. The van der Waals surface area contributed by atoms with Crippen LogP contribution in [0.1, 0.15) is 18.4 Å². The molecule has 0 saturated carbocycles. The van der Waals surface area contributed by atoms with Crippen LogP contribution in [-0.4, -0.2) is 18.9 Å². The van der Waals surface area contributed by atoms with E-state index < -0.39 is 0 Å². The zero-order valence-electron chi connectivity index (χ0n) is 8.46. The van der Waals surface area contributed by atoms with Crippen LogP contribution in [0, 0.1) is 5.41 Å². The molecule has 1 fully saturated rings. The Balaban J connectivity index is 2.45. The number of benzene rings is 1. The number of hydrogen-bond acceptors (Lipinski definition) is 2. The number of amidine groups is 1. The maximum Gasteiger partial charge on any atom is 0.126 e. The van der Waals surface area contributed by atoms with Gasteiger partial charge in [-0.1, -0.05) is 17.7 Å². The summed E-state index contributed by atoms with van der Waals surface area (Å²) in [6.07, 6.45) is 2.40. The second-order valence-electron chi connectivity index (χ2n) is 3.74. The van der Waals surface area contributed by atoms with Gasteiger partial charge in [0.2, 0.25) is 0 Å². The molecule has 0 amide bonds. The molecule has 0 atom stereocenters. The van der Waals surface area contributed by atoms with Crippen LogP contribution < -0.4 is 10.6 Å². The van der Waals surface area contributed by atoms with Gasteiger partial charge in [-0.15, -0.1) is 0 Å². The summed E-state index contributed by atoms with van der Waals surface area (Å²) in [6, 6.07) is 5.66. The van der Waals surface area contributed by atoms with Crippen molar-refractivity contribution in [2.24, 2.45) is 5.73 Å². The lowest BCUT2D eigenvalue weighted by molar-refractivity contribution is 0.949. The smallest absolute Gasteiger partial charge is 0.126 e. The monoisotopic (exact) mass is 223 g/mol. The summed E-state index contributed by atoms with van der Waals surface area (Å²) in [5.41, 5.74) is 7.22. The zero-order valence-corrected chi connectivity index (χ0v) is 9.22. The fourth-order valence-electron chi connectivity index (χ4n) is 2.00. The first-order valence-corrected chi connectivity index (χ1v) is 5.46. The summed E-state index contributed by atoms with van der Waals surface area (Å²) in [5, 5.41) is 8.11. The van der Waals surface area contributed by atoms with Crippen LogP contribution in [0.5, 0.6) is 0 Å². The van der Waals surface area contributed by atoms with Crippen LogP contribution in [-0.2, 0) is 0 Å². The van der Waals surface area contributed by atoms with E-state index in [0.717, 1.165) is 18.8 Å². The van der Waals surface area contributed by atoms with Gasteiger partial charge in [-0.2, -0.15) is 0 Å². The van der Waals surface area contributed by atoms with E-state index in [-0.39, 0.29) is 5.84 Å². The minimum absolute atomic E-state index is 0.0440. The van der Waals surface area contributed by atoms with Crippen LogP contribution in [0.25, 0.3) is 0 Å². The van der Waals surface area contributed by atoms with Crippen molar-refractivity contribution in [3.8, 4) is 0 Å². The first-order chi connectivity index (χ1) is 7.20. The van der Waals surface area contributed by atoms with E-state index in [1.807, 2.05) is 12.1 Å². The van der Waals surface area contributed by atoms with Crippen molar-refractivity contribution in [3.05, 3.63) is 28.8 Å². The van der Waals surface area contributed by atoms with Gasteiger partial charge < -0.3 is 10.6 Å². The zero-order chi connectivity index (χ0) is 10.8. The highest BCUT2D eigenvalue weighted by Crippen LogP contribution is 2.29. The molecule has 0 spiro atoms. The highest BCUT2D eigenvalue weighted by molar-refractivity contribution is 6.34. The number of halogens is 1. The lowest BCUT2D eigenvalue weighted by atomic mass is 10.1. The minimum atomic E-state index is 0.0440. The molecule has 1 aliphatic rings. The molecular formula is C11H14ClN3. The van der Waals surface area contributed by atoms with Gasteiger partial charge in [0.05, 0.1) is 10.6 Å². The van der Waals surface area contributed by atoms with Gasteiger partial charge in [0.25, 0.3) is 0 Å². The fourth-order valence-corrected chi connectivity index (χ4v) is 2.27. The lowest BCUT2D eigenvalue weighted by Crippen LogP contribution is -2.23. The molecule has 1 saturated heterocycles. The molecule has 1 aromatic carbocycles. The lowest BCUT2D eigenvalue weighted by Gasteiger charge is -2.21. The van der Waals surface area contributed by atoms with Crippen LogP contribution in [0.2, 0.25) is 5.02 Å². The number of nitrogens with zero attached hydrogens (tertiary/aromatic N) is 1. The van der Waals surface area contributed by atoms with E-state index >= 15 is 0 Å². The number of anilines is 1. The second kappa shape index (κ2) is 4.11. The highest BCUT2D eigenvalue weighted by Gasteiger charge is 2.18. The Kier molecular flexibility index (Phi) is 2.82. The summed E-state index contributed by atoms with van der Waals surface area (Å²) >= 11 is 6.06. The molecule has 3 nitrogen and oxygen atoms in total. The molecule has 1 aromatic rings. The Morgan fingerprint density at radius 1 is 1.33 bits per heavy atom. The van der Waals surface area contributed by atoms with Crippen molar-refractivity contribution in [2.45, 2.75) is 12.8 Å². The first kappa shape index (κ1) is 10.3. The van der Waals surface area contributed by atoms with Crippen molar-refractivity contribution < 1.29 is 0 Å². The molecule has 1 heterocycles. The van der Waals surface area contributed by atoms with E-state index in [9.17, 15) is 0 Å². The molecule has 0 unspecified atom stereocenters. The maximum atomic E-state index is 7.55. The van der Waals surface area contributed by atoms with Crippen molar-refractivity contribution in [2.75, 3.05) is 18.0 Å². The van der Waals surface area contributed by atoms with Crippen molar-refractivity contribution in [1.82, 2.24) is 0 Å². The fraction of sp³-hybridized carbons (Fsp3) is 0.364. The molecule has 15 heavy (non-hydrogen) atoms. The van der Waals surface area contributed by atoms with E-state index in [1.54, 1.807) is 6.07 Å². The number of nitrogens with two attached hydrogens (primary N) is 1. The molecular weight excluding hydrogens is 210 g/mol. The van der Waals surface area contributed by atoms with Crippen LogP contribution in [0.15, 0.2) is 18.2 Å². The summed E-state index contributed by atoms with van der Waals surface area (Å²) in [4.78, 5) is 2.24. The molecule has 0 aromatic heterocycles. The quantitative estimate of drug-likeness (QED) is 0.597. The number of hydrogen-bond donors (Lipinski definition) is 2. The first-order valence-electron chi connectivity index (χ1n) is 5.08. The van der Waals surface area contributed by atoms with E-state index in [0.29, 0.717) is 10.6 Å². The Morgan fingerprint density at radius 2 is 2.00 bits per heavy atom. The van der Waals surface area contributed by atoms with Gasteiger partial charge in [0.1, 0.15) is 5.84 Å². The Labute approximate surface area is 94.3 Å². The summed E-state index contributed by atoms with van der Waals surface area (Å²) < 4.78 is 0. The van der Waals surface area contributed by atoms with Crippen LogP contribution in [0.3, 0.4) is 0 Å². The Hall–Kier alpha value is -1.22. The molecule has 3 N–H and O–H groups in total. The number of nitrogen functional groups attached to an aromatic ring is 1. The predicted molar refractivity (Wildman–Crippen MR) is 63.9 cm³/mol. The molecule has 80 valence electrons. The average Bonchev–Trinajstić information content (AvgIpc) is 2.69. The third-order valence-electron chi connectivity index (χ3n) is 2.71. The van der Waals surface area contributed by atoms with E-state index in [1.165, 1.54) is 12.8 Å². The van der Waals surface area contributed by atoms with E-state index in [2.05, 4.69) is 4.90 Å². The minimum Gasteiger partial charge on any atom is -0.384 e. The Bertz CT molecular complexity index is 383. The third-order valence-corrected chi connectivity index (χ3v) is 3.02. The van der Waals surface area contributed by atoms with Gasteiger partial charge in [-0.05, 0) is 25.0 Å². The molecule has 0 radical (unpaired) electrons. The van der Waals surface area contributed by atoms with Gasteiger partial charge in [-0.3, -0.25) is 5.41 Å². The SMILES string of the molecule is N=C(N)c1c(Cl)cccc1N1CCCC1. The molecule has 1 aliphatic heterocycles. The standard InChI is InChI=1S/C11H14ClN3/c12-8-4-3-5-9(10(8)11(13)14)15-6-1-2-7-15/h3-5H,1-2,6-7H2,(H3,13,14). The molecule has 0 bridgehead atoms. The molecule has 2 rings (SSSR count). The normalized spacial score (nSPS) is 15.7. The number of rotatable bonds is 2. The van der Waals surface area contributed by atoms with Crippen LogP contribution >= 0.6 is 11.6 Å². The van der Waals surface area contributed by atoms with Gasteiger partial charge >= 0.3 is 0 Å². The summed E-state index contributed by atoms with van der Waals surface area (Å²) in [5.74, 6) is 0.0440. The van der Waals surface area contributed by atoms with E-state index in [4.69, 9.17) is 22.7 Å². The average molecular weight is 224 g/mol. The molecule has 0 aliphatic carbocycles. The van der Waals surface area contributed by atoms with Crippen molar-refractivity contribution in [1.29, 1.82) is 5.41 Å². The molecule has 4 heteroatoms. The summed E-state index contributed by atoms with van der Waals surface area (Å²) in [6.45, 7) is 2.06. The van der Waals surface area contributed by atoms with Crippen molar-refractivity contribution in [3.63, 3.8) is 0 Å². The predicted octanol–water partition coefficient (Wildman–Crippen LogP) is 2.22. The van der Waals surface area contributed by atoms with Crippen molar-refractivity contribution >= 4 is 23.1 Å².